The Hall–Kier alpha value is -0.130. The lowest BCUT2D eigenvalue weighted by molar-refractivity contribution is 0.0366. The third-order valence-electron chi connectivity index (χ3n) is 4.15. The van der Waals surface area contributed by atoms with Crippen molar-refractivity contribution in [3.63, 3.8) is 0 Å². The summed E-state index contributed by atoms with van der Waals surface area (Å²) in [6.45, 7) is 1.74. The van der Waals surface area contributed by atoms with Gasteiger partial charge in [0.25, 0.3) is 0 Å². The lowest BCUT2D eigenvalue weighted by Crippen LogP contribution is -2.48. The zero-order valence-electron chi connectivity index (χ0n) is 10.5. The van der Waals surface area contributed by atoms with Crippen LogP contribution in [0.4, 0.5) is 0 Å². The highest BCUT2D eigenvalue weighted by atomic mass is 32.2. The molecule has 1 N–H and O–H groups in total. The summed E-state index contributed by atoms with van der Waals surface area (Å²) in [6, 6.07) is 0.360. The average molecular weight is 261 g/mol. The van der Waals surface area contributed by atoms with Crippen LogP contribution in [0.2, 0.25) is 0 Å². The predicted molar refractivity (Wildman–Crippen MR) is 67.7 cm³/mol. The number of aliphatic hydroxyl groups excluding tert-OH is 1. The number of hydrogen-bond acceptors (Lipinski definition) is 4. The summed E-state index contributed by atoms with van der Waals surface area (Å²) < 4.78 is 23.2. The second-order valence-electron chi connectivity index (χ2n) is 5.56. The minimum Gasteiger partial charge on any atom is -0.392 e. The molecule has 2 aliphatic rings. The van der Waals surface area contributed by atoms with Crippen LogP contribution in [-0.2, 0) is 9.84 Å². The van der Waals surface area contributed by atoms with Gasteiger partial charge in [0.15, 0.2) is 0 Å². The Morgan fingerprint density at radius 1 is 1.18 bits per heavy atom. The fraction of sp³-hybridized carbons (Fsp3) is 1.00. The first kappa shape index (κ1) is 13.3. The maximum Gasteiger partial charge on any atom is 0.150 e. The average Bonchev–Trinajstić information content (AvgIpc) is 2.28. The molecule has 0 spiro atoms. The minimum atomic E-state index is -2.90. The normalized spacial score (nSPS) is 36.9. The molecule has 2 rings (SSSR count). The molecule has 0 aromatic rings. The van der Waals surface area contributed by atoms with Gasteiger partial charge >= 0.3 is 0 Å². The fourth-order valence-electron chi connectivity index (χ4n) is 3.16. The molecule has 17 heavy (non-hydrogen) atoms. The maximum absolute atomic E-state index is 11.6. The summed E-state index contributed by atoms with van der Waals surface area (Å²) in [7, 11) is -2.90. The Bertz CT molecular complexity index is 355. The first-order valence-electron chi connectivity index (χ1n) is 6.58. The number of nitrogens with zero attached hydrogens (tertiary/aromatic N) is 1. The second kappa shape index (κ2) is 5.24. The molecule has 1 aliphatic heterocycles. The number of likely N-dealkylation sites (tertiary alicyclic amines) is 1. The predicted octanol–water partition coefficient (Wildman–Crippen LogP) is 0.799. The van der Waals surface area contributed by atoms with Crippen molar-refractivity contribution in [3.8, 4) is 0 Å². The van der Waals surface area contributed by atoms with Crippen LogP contribution >= 0.6 is 0 Å². The largest absolute Gasteiger partial charge is 0.392 e. The van der Waals surface area contributed by atoms with Crippen molar-refractivity contribution in [1.29, 1.82) is 0 Å². The van der Waals surface area contributed by atoms with Gasteiger partial charge in [0, 0.05) is 18.8 Å². The van der Waals surface area contributed by atoms with Crippen LogP contribution in [0, 0.1) is 0 Å². The van der Waals surface area contributed by atoms with Crippen LogP contribution in [0.25, 0.3) is 0 Å². The van der Waals surface area contributed by atoms with Crippen molar-refractivity contribution < 1.29 is 13.5 Å². The summed E-state index contributed by atoms with van der Waals surface area (Å²) in [6.07, 6.45) is 6.69. The van der Waals surface area contributed by atoms with E-state index in [9.17, 15) is 13.5 Å². The Labute approximate surface area is 104 Å². The monoisotopic (exact) mass is 261 g/mol. The molecule has 0 bridgehead atoms. The summed E-state index contributed by atoms with van der Waals surface area (Å²) in [5.74, 6) is 0. The highest BCUT2D eigenvalue weighted by Gasteiger charge is 2.33. The molecule has 5 heteroatoms. The van der Waals surface area contributed by atoms with E-state index < -0.39 is 9.84 Å². The summed E-state index contributed by atoms with van der Waals surface area (Å²) in [5, 5.41) is 9.51. The number of sulfone groups is 1. The van der Waals surface area contributed by atoms with Gasteiger partial charge in [-0.05, 0) is 38.6 Å². The number of β-amino-alcohol motifs (C(OH)–C–C–N with tert-alkyl or cyclic N) is 1. The van der Waals surface area contributed by atoms with E-state index in [0.29, 0.717) is 6.04 Å². The Morgan fingerprint density at radius 3 is 2.59 bits per heavy atom. The van der Waals surface area contributed by atoms with E-state index in [1.165, 1.54) is 6.26 Å². The summed E-state index contributed by atoms with van der Waals surface area (Å²) in [4.78, 5) is 2.30. The van der Waals surface area contributed by atoms with Crippen molar-refractivity contribution in [2.24, 2.45) is 0 Å². The van der Waals surface area contributed by atoms with Gasteiger partial charge < -0.3 is 5.11 Å². The van der Waals surface area contributed by atoms with Crippen molar-refractivity contribution in [3.05, 3.63) is 0 Å². The van der Waals surface area contributed by atoms with Crippen LogP contribution in [0.3, 0.4) is 0 Å². The van der Waals surface area contributed by atoms with Gasteiger partial charge in [0.1, 0.15) is 9.84 Å². The standard InChI is InChI=1S/C12H23NO3S/c1-17(15,16)12-6-2-4-10(8-12)13-7-3-5-11(14)9-13/h10-12,14H,2-9H2,1H3/t10?,11-,12?/m0/s1. The quantitative estimate of drug-likeness (QED) is 0.799. The third-order valence-corrected chi connectivity index (χ3v) is 5.79. The van der Waals surface area contributed by atoms with Gasteiger partial charge in [-0.2, -0.15) is 0 Å². The molecule has 4 nitrogen and oxygen atoms in total. The molecule has 1 saturated heterocycles. The van der Waals surface area contributed by atoms with E-state index >= 15 is 0 Å². The van der Waals surface area contributed by atoms with E-state index in [0.717, 1.165) is 51.6 Å². The van der Waals surface area contributed by atoms with Crippen LogP contribution in [0.15, 0.2) is 0 Å². The highest BCUT2D eigenvalue weighted by Crippen LogP contribution is 2.29. The number of rotatable bonds is 2. The van der Waals surface area contributed by atoms with Crippen molar-refractivity contribution in [1.82, 2.24) is 4.90 Å². The minimum absolute atomic E-state index is 0.166. The Morgan fingerprint density at radius 2 is 1.94 bits per heavy atom. The molecular formula is C12H23NO3S. The van der Waals surface area contributed by atoms with Gasteiger partial charge in [0.2, 0.25) is 0 Å². The molecular weight excluding hydrogens is 238 g/mol. The number of aliphatic hydroxyl groups is 1. The van der Waals surface area contributed by atoms with Gasteiger partial charge in [-0.15, -0.1) is 0 Å². The van der Waals surface area contributed by atoms with Gasteiger partial charge in [-0.1, -0.05) is 6.42 Å². The zero-order valence-corrected chi connectivity index (χ0v) is 11.3. The number of hydrogen-bond donors (Lipinski definition) is 1. The fourth-order valence-corrected chi connectivity index (χ4v) is 4.32. The highest BCUT2D eigenvalue weighted by molar-refractivity contribution is 7.91. The van der Waals surface area contributed by atoms with Crippen LogP contribution in [0.5, 0.6) is 0 Å². The van der Waals surface area contributed by atoms with E-state index in [2.05, 4.69) is 4.90 Å². The van der Waals surface area contributed by atoms with E-state index in [1.54, 1.807) is 0 Å². The molecule has 2 fully saturated rings. The third kappa shape index (κ3) is 3.42. The zero-order chi connectivity index (χ0) is 12.5. The molecule has 2 unspecified atom stereocenters. The Balaban J connectivity index is 1.97. The lowest BCUT2D eigenvalue weighted by Gasteiger charge is -2.40. The van der Waals surface area contributed by atoms with Gasteiger partial charge in [-0.3, -0.25) is 4.90 Å². The second-order valence-corrected chi connectivity index (χ2v) is 7.89. The molecule has 1 saturated carbocycles. The summed E-state index contributed by atoms with van der Waals surface area (Å²) >= 11 is 0. The van der Waals surface area contributed by atoms with E-state index in [1.807, 2.05) is 0 Å². The van der Waals surface area contributed by atoms with Crippen molar-refractivity contribution in [2.45, 2.75) is 55.9 Å². The molecule has 0 aromatic carbocycles. The molecule has 100 valence electrons. The van der Waals surface area contributed by atoms with E-state index in [-0.39, 0.29) is 11.4 Å². The summed E-state index contributed by atoms with van der Waals surface area (Å²) in [5.41, 5.74) is 0. The topological polar surface area (TPSA) is 57.6 Å². The molecule has 1 heterocycles. The van der Waals surface area contributed by atoms with Crippen LogP contribution < -0.4 is 0 Å². The lowest BCUT2D eigenvalue weighted by atomic mass is 9.92. The van der Waals surface area contributed by atoms with Crippen LogP contribution in [-0.4, -0.2) is 55.2 Å². The first-order valence-corrected chi connectivity index (χ1v) is 8.53. The van der Waals surface area contributed by atoms with Crippen molar-refractivity contribution >= 4 is 9.84 Å². The van der Waals surface area contributed by atoms with E-state index in [4.69, 9.17) is 0 Å². The van der Waals surface area contributed by atoms with Gasteiger partial charge in [0.05, 0.1) is 11.4 Å². The smallest absolute Gasteiger partial charge is 0.150 e. The molecule has 3 atom stereocenters. The maximum atomic E-state index is 11.6. The van der Waals surface area contributed by atoms with Crippen LogP contribution in [0.1, 0.15) is 38.5 Å². The SMILES string of the molecule is CS(=O)(=O)C1CCCC(N2CCC[C@H](O)C2)C1. The first-order chi connectivity index (χ1) is 7.97. The molecule has 1 aliphatic carbocycles. The Kier molecular flexibility index (Phi) is 4.10. The van der Waals surface area contributed by atoms with Crippen molar-refractivity contribution in [2.75, 3.05) is 19.3 Å². The number of piperidine rings is 1. The molecule has 0 amide bonds. The molecule has 0 radical (unpaired) electrons. The van der Waals surface area contributed by atoms with Gasteiger partial charge in [-0.25, -0.2) is 8.42 Å². The molecule has 0 aromatic heterocycles.